The number of aromatic nitrogens is 2. The van der Waals surface area contributed by atoms with Crippen molar-refractivity contribution in [2.24, 2.45) is 0 Å². The summed E-state index contributed by atoms with van der Waals surface area (Å²) in [6.45, 7) is 2.31. The molecule has 6 heteroatoms. The molecular weight excluding hydrogens is 286 g/mol. The average Bonchev–Trinajstić information content (AvgIpc) is 2.99. The molecule has 2 rings (SSSR count). The SMILES string of the molecule is O=C(CCCCCCCn1ccnc1)N1CCSC(O)C1. The second-order valence-corrected chi connectivity index (χ2v) is 6.77. The van der Waals surface area contributed by atoms with E-state index in [2.05, 4.69) is 9.55 Å². The first-order valence-electron chi connectivity index (χ1n) is 7.79. The van der Waals surface area contributed by atoms with Crippen LogP contribution in [-0.4, -0.2) is 49.7 Å². The molecule has 0 aliphatic carbocycles. The zero-order valence-electron chi connectivity index (χ0n) is 12.5. The minimum Gasteiger partial charge on any atom is -0.381 e. The molecular formula is C15H25N3O2S. The standard InChI is InChI=1S/C15H25N3O2S/c19-14(18-10-11-21-15(20)12-18)6-4-2-1-3-5-8-17-9-7-16-13-17/h7,9,13,15,20H,1-6,8,10-12H2. The Kier molecular flexibility index (Phi) is 7.09. The van der Waals surface area contributed by atoms with Crippen molar-refractivity contribution in [3.05, 3.63) is 18.7 Å². The lowest BCUT2D eigenvalue weighted by Gasteiger charge is -2.29. The summed E-state index contributed by atoms with van der Waals surface area (Å²) in [7, 11) is 0. The maximum Gasteiger partial charge on any atom is 0.222 e. The highest BCUT2D eigenvalue weighted by molar-refractivity contribution is 7.99. The minimum atomic E-state index is -0.397. The number of rotatable bonds is 8. The van der Waals surface area contributed by atoms with Crippen LogP contribution < -0.4 is 0 Å². The second-order valence-electron chi connectivity index (χ2n) is 5.48. The number of amides is 1. The zero-order chi connectivity index (χ0) is 14.9. The van der Waals surface area contributed by atoms with Crippen molar-refractivity contribution in [3.8, 4) is 0 Å². The third kappa shape index (κ3) is 6.09. The lowest BCUT2D eigenvalue weighted by atomic mass is 10.1. The normalized spacial score (nSPS) is 18.9. The van der Waals surface area contributed by atoms with Crippen LogP contribution >= 0.6 is 11.8 Å². The van der Waals surface area contributed by atoms with Crippen molar-refractivity contribution in [3.63, 3.8) is 0 Å². The van der Waals surface area contributed by atoms with Gasteiger partial charge in [0.25, 0.3) is 0 Å². The van der Waals surface area contributed by atoms with Gasteiger partial charge in [0.2, 0.25) is 5.91 Å². The molecule has 0 spiro atoms. The van der Waals surface area contributed by atoms with E-state index in [9.17, 15) is 9.90 Å². The largest absolute Gasteiger partial charge is 0.381 e. The number of β-amino-alcohol motifs (C(OH)–C–C–N with tert-alkyl or cyclic N) is 1. The second kappa shape index (κ2) is 9.10. The highest BCUT2D eigenvalue weighted by Crippen LogP contribution is 2.17. The lowest BCUT2D eigenvalue weighted by molar-refractivity contribution is -0.132. The van der Waals surface area contributed by atoms with Crippen LogP contribution in [0.25, 0.3) is 0 Å². The van der Waals surface area contributed by atoms with E-state index in [-0.39, 0.29) is 5.91 Å². The maximum atomic E-state index is 12.0. The summed E-state index contributed by atoms with van der Waals surface area (Å²) in [5.41, 5.74) is -0.397. The number of carbonyl (C=O) groups is 1. The lowest BCUT2D eigenvalue weighted by Crippen LogP contribution is -2.41. The molecule has 0 aromatic carbocycles. The molecule has 21 heavy (non-hydrogen) atoms. The smallest absolute Gasteiger partial charge is 0.222 e. The van der Waals surface area contributed by atoms with E-state index >= 15 is 0 Å². The summed E-state index contributed by atoms with van der Waals surface area (Å²) in [5, 5.41) is 9.54. The van der Waals surface area contributed by atoms with Gasteiger partial charge >= 0.3 is 0 Å². The zero-order valence-corrected chi connectivity index (χ0v) is 13.3. The van der Waals surface area contributed by atoms with Crippen molar-refractivity contribution in [1.82, 2.24) is 14.5 Å². The number of imidazole rings is 1. The number of unbranched alkanes of at least 4 members (excludes halogenated alkanes) is 4. The molecule has 2 heterocycles. The third-order valence-electron chi connectivity index (χ3n) is 3.77. The van der Waals surface area contributed by atoms with Crippen LogP contribution in [-0.2, 0) is 11.3 Å². The van der Waals surface area contributed by atoms with Crippen molar-refractivity contribution in [2.75, 3.05) is 18.8 Å². The van der Waals surface area contributed by atoms with E-state index in [0.717, 1.165) is 31.7 Å². The van der Waals surface area contributed by atoms with Crippen LogP contribution in [0.15, 0.2) is 18.7 Å². The quantitative estimate of drug-likeness (QED) is 0.747. The predicted molar refractivity (Wildman–Crippen MR) is 85.0 cm³/mol. The summed E-state index contributed by atoms with van der Waals surface area (Å²) in [4.78, 5) is 17.8. The Morgan fingerprint density at radius 1 is 1.29 bits per heavy atom. The number of aryl methyl sites for hydroxylation is 1. The van der Waals surface area contributed by atoms with E-state index < -0.39 is 5.44 Å². The molecule has 1 aliphatic rings. The van der Waals surface area contributed by atoms with E-state index in [1.54, 1.807) is 4.90 Å². The maximum absolute atomic E-state index is 12.0. The molecule has 118 valence electrons. The van der Waals surface area contributed by atoms with Gasteiger partial charge in [0.1, 0.15) is 5.44 Å². The fourth-order valence-electron chi connectivity index (χ4n) is 2.54. The fraction of sp³-hybridized carbons (Fsp3) is 0.733. The van der Waals surface area contributed by atoms with Gasteiger partial charge < -0.3 is 14.6 Å². The van der Waals surface area contributed by atoms with Gasteiger partial charge in [-0.2, -0.15) is 0 Å². The Balaban J connectivity index is 1.46. The van der Waals surface area contributed by atoms with Gasteiger partial charge in [0.05, 0.1) is 12.9 Å². The van der Waals surface area contributed by atoms with Gasteiger partial charge in [-0.1, -0.05) is 19.3 Å². The summed E-state index contributed by atoms with van der Waals surface area (Å²) in [5.74, 6) is 1.05. The molecule has 1 atom stereocenters. The Morgan fingerprint density at radius 3 is 2.86 bits per heavy atom. The van der Waals surface area contributed by atoms with Crippen molar-refractivity contribution in [2.45, 2.75) is 50.5 Å². The highest BCUT2D eigenvalue weighted by Gasteiger charge is 2.21. The molecule has 1 amide bonds. The van der Waals surface area contributed by atoms with Crippen LogP contribution in [0.4, 0.5) is 0 Å². The molecule has 1 fully saturated rings. The van der Waals surface area contributed by atoms with Gasteiger partial charge in [0, 0.05) is 37.7 Å². The predicted octanol–water partition coefficient (Wildman–Crippen LogP) is 2.12. The molecule has 1 aromatic rings. The summed E-state index contributed by atoms with van der Waals surface area (Å²) in [6, 6.07) is 0. The Morgan fingerprint density at radius 2 is 2.10 bits per heavy atom. The molecule has 1 unspecified atom stereocenters. The number of aliphatic hydroxyl groups is 1. The topological polar surface area (TPSA) is 58.4 Å². The van der Waals surface area contributed by atoms with E-state index in [1.807, 2.05) is 18.7 Å². The Hall–Kier alpha value is -1.01. The van der Waals surface area contributed by atoms with E-state index in [0.29, 0.717) is 13.0 Å². The average molecular weight is 311 g/mol. The number of hydrogen-bond acceptors (Lipinski definition) is 4. The molecule has 5 nitrogen and oxygen atoms in total. The van der Waals surface area contributed by atoms with Gasteiger partial charge in [0.15, 0.2) is 0 Å². The van der Waals surface area contributed by atoms with Crippen molar-refractivity contribution in [1.29, 1.82) is 0 Å². The highest BCUT2D eigenvalue weighted by atomic mass is 32.2. The Labute approximate surface area is 130 Å². The summed E-state index contributed by atoms with van der Waals surface area (Å²) < 4.78 is 2.10. The minimum absolute atomic E-state index is 0.202. The number of aliphatic hydroxyl groups excluding tert-OH is 1. The van der Waals surface area contributed by atoms with Gasteiger partial charge in [-0.25, -0.2) is 4.98 Å². The van der Waals surface area contributed by atoms with Crippen molar-refractivity contribution >= 4 is 17.7 Å². The third-order valence-corrected chi connectivity index (χ3v) is 4.72. The number of nitrogens with zero attached hydrogens (tertiary/aromatic N) is 3. The van der Waals surface area contributed by atoms with Crippen LogP contribution in [0.3, 0.4) is 0 Å². The molecule has 1 aliphatic heterocycles. The molecule has 1 saturated heterocycles. The van der Waals surface area contributed by atoms with E-state index in [4.69, 9.17) is 0 Å². The molecule has 1 aromatic heterocycles. The first-order chi connectivity index (χ1) is 10.3. The first-order valence-corrected chi connectivity index (χ1v) is 8.84. The number of thioether (sulfide) groups is 1. The van der Waals surface area contributed by atoms with Crippen molar-refractivity contribution < 1.29 is 9.90 Å². The fourth-order valence-corrected chi connectivity index (χ4v) is 3.42. The van der Waals surface area contributed by atoms with Crippen LogP contribution in [0.5, 0.6) is 0 Å². The first kappa shape index (κ1) is 16.4. The number of carbonyl (C=O) groups excluding carboxylic acids is 1. The molecule has 0 bridgehead atoms. The van der Waals surface area contributed by atoms with Gasteiger partial charge in [-0.3, -0.25) is 4.79 Å². The molecule has 0 saturated carbocycles. The van der Waals surface area contributed by atoms with E-state index in [1.165, 1.54) is 31.0 Å². The van der Waals surface area contributed by atoms with Gasteiger partial charge in [-0.05, 0) is 12.8 Å². The van der Waals surface area contributed by atoms with Crippen LogP contribution in [0.2, 0.25) is 0 Å². The molecule has 0 radical (unpaired) electrons. The van der Waals surface area contributed by atoms with Crippen LogP contribution in [0.1, 0.15) is 38.5 Å². The summed E-state index contributed by atoms with van der Waals surface area (Å²) >= 11 is 1.53. The monoisotopic (exact) mass is 311 g/mol. The summed E-state index contributed by atoms with van der Waals surface area (Å²) in [6.07, 6.45) is 11.9. The number of hydrogen-bond donors (Lipinski definition) is 1. The Bertz CT molecular complexity index is 411. The van der Waals surface area contributed by atoms with Gasteiger partial charge in [-0.15, -0.1) is 11.8 Å². The van der Waals surface area contributed by atoms with Crippen LogP contribution in [0, 0.1) is 0 Å². The molecule has 1 N–H and O–H groups in total.